The number of pyridine rings is 1. The van der Waals surface area contributed by atoms with Gasteiger partial charge in [-0.05, 0) is 30.5 Å². The fraction of sp³-hybridized carbons (Fsp3) is 0.400. The van der Waals surface area contributed by atoms with E-state index in [1.54, 1.807) is 6.20 Å². The fourth-order valence-corrected chi connectivity index (χ4v) is 2.22. The van der Waals surface area contributed by atoms with Gasteiger partial charge >= 0.3 is 5.69 Å². The predicted octanol–water partition coefficient (Wildman–Crippen LogP) is 0.328. The van der Waals surface area contributed by atoms with E-state index in [-0.39, 0.29) is 5.69 Å². The number of hydrogen-bond donors (Lipinski definition) is 3. The van der Waals surface area contributed by atoms with Crippen LogP contribution >= 0.6 is 0 Å². The zero-order valence-electron chi connectivity index (χ0n) is 8.21. The van der Waals surface area contributed by atoms with Crippen molar-refractivity contribution in [3.63, 3.8) is 0 Å². The minimum Gasteiger partial charge on any atom is -0.316 e. The van der Waals surface area contributed by atoms with Crippen molar-refractivity contribution in [1.29, 1.82) is 0 Å². The Morgan fingerprint density at radius 1 is 1.40 bits per heavy atom. The summed E-state index contributed by atoms with van der Waals surface area (Å²) in [6, 6.07) is 1.99. The number of fused-ring (bicyclic) bond motifs is 1. The molecule has 1 aliphatic heterocycles. The van der Waals surface area contributed by atoms with Gasteiger partial charge in [-0.3, -0.25) is 4.98 Å². The van der Waals surface area contributed by atoms with E-state index < -0.39 is 0 Å². The Morgan fingerprint density at radius 2 is 2.33 bits per heavy atom. The number of H-pyrrole nitrogens is 2. The Hall–Kier alpha value is -1.62. The topological polar surface area (TPSA) is 73.6 Å². The van der Waals surface area contributed by atoms with E-state index >= 15 is 0 Å². The largest absolute Gasteiger partial charge is 0.325 e. The van der Waals surface area contributed by atoms with E-state index in [9.17, 15) is 4.79 Å². The van der Waals surface area contributed by atoms with Crippen molar-refractivity contribution in [2.45, 2.75) is 12.3 Å². The average Bonchev–Trinajstić information content (AvgIpc) is 2.82. The summed E-state index contributed by atoms with van der Waals surface area (Å²) in [7, 11) is 0. The number of aromatic amines is 2. The van der Waals surface area contributed by atoms with Crippen molar-refractivity contribution >= 4 is 11.2 Å². The van der Waals surface area contributed by atoms with Gasteiger partial charge in [0.15, 0.2) is 5.65 Å². The predicted molar refractivity (Wildman–Crippen MR) is 56.9 cm³/mol. The second-order valence-corrected chi connectivity index (χ2v) is 3.89. The Bertz CT molecular complexity index is 536. The second-order valence-electron chi connectivity index (χ2n) is 3.89. The van der Waals surface area contributed by atoms with E-state index in [0.29, 0.717) is 11.6 Å². The van der Waals surface area contributed by atoms with Crippen molar-refractivity contribution in [3.05, 3.63) is 28.3 Å². The molecule has 5 heteroatoms. The van der Waals surface area contributed by atoms with Crippen LogP contribution in [0.15, 0.2) is 17.1 Å². The normalized spacial score (nSPS) is 21.2. The van der Waals surface area contributed by atoms with Gasteiger partial charge in [-0.15, -0.1) is 0 Å². The maximum absolute atomic E-state index is 11.2. The molecule has 3 rings (SSSR count). The van der Waals surface area contributed by atoms with Gasteiger partial charge in [0.1, 0.15) is 0 Å². The Balaban J connectivity index is 2.20. The lowest BCUT2D eigenvalue weighted by Crippen LogP contribution is -2.08. The highest BCUT2D eigenvalue weighted by molar-refractivity contribution is 5.74. The molecule has 1 aliphatic rings. The maximum atomic E-state index is 11.2. The molecule has 1 atom stereocenters. The third-order valence-electron chi connectivity index (χ3n) is 2.95. The highest BCUT2D eigenvalue weighted by Gasteiger charge is 2.19. The summed E-state index contributed by atoms with van der Waals surface area (Å²) in [4.78, 5) is 20.8. The summed E-state index contributed by atoms with van der Waals surface area (Å²) in [6.07, 6.45) is 2.87. The lowest BCUT2D eigenvalue weighted by atomic mass is 9.99. The quantitative estimate of drug-likeness (QED) is 0.626. The maximum Gasteiger partial charge on any atom is 0.325 e. The van der Waals surface area contributed by atoms with Crippen LogP contribution in [0.5, 0.6) is 0 Å². The molecule has 1 saturated heterocycles. The van der Waals surface area contributed by atoms with Gasteiger partial charge in [0, 0.05) is 12.7 Å². The van der Waals surface area contributed by atoms with Gasteiger partial charge in [-0.1, -0.05) is 0 Å². The molecular formula is C10H12N4O. The van der Waals surface area contributed by atoms with E-state index in [2.05, 4.69) is 20.3 Å². The third kappa shape index (κ3) is 1.35. The fourth-order valence-electron chi connectivity index (χ4n) is 2.22. The summed E-state index contributed by atoms with van der Waals surface area (Å²) in [6.45, 7) is 2.02. The molecule has 0 amide bonds. The zero-order chi connectivity index (χ0) is 10.3. The molecule has 0 bridgehead atoms. The Morgan fingerprint density at radius 3 is 3.13 bits per heavy atom. The van der Waals surface area contributed by atoms with Crippen LogP contribution in [0.4, 0.5) is 0 Å². The van der Waals surface area contributed by atoms with Gasteiger partial charge in [0.2, 0.25) is 0 Å². The van der Waals surface area contributed by atoms with E-state index in [1.165, 1.54) is 5.56 Å². The van der Waals surface area contributed by atoms with Crippen LogP contribution in [-0.2, 0) is 0 Å². The summed E-state index contributed by atoms with van der Waals surface area (Å²) in [5, 5.41) is 3.32. The lowest BCUT2D eigenvalue weighted by molar-refractivity contribution is 0.767. The SMILES string of the molecule is O=c1[nH]c2nccc(C3CCNC3)c2[nH]1. The van der Waals surface area contributed by atoms with Crippen LogP contribution in [0, 0.1) is 0 Å². The van der Waals surface area contributed by atoms with Crippen molar-refractivity contribution in [3.8, 4) is 0 Å². The van der Waals surface area contributed by atoms with Crippen LogP contribution in [0.25, 0.3) is 11.2 Å². The van der Waals surface area contributed by atoms with Gasteiger partial charge in [-0.25, -0.2) is 9.78 Å². The molecule has 3 N–H and O–H groups in total. The molecule has 2 aromatic heterocycles. The second kappa shape index (κ2) is 3.20. The molecule has 0 spiro atoms. The molecule has 0 radical (unpaired) electrons. The molecule has 78 valence electrons. The summed E-state index contributed by atoms with van der Waals surface area (Å²) < 4.78 is 0. The molecule has 0 saturated carbocycles. The number of imidazole rings is 1. The van der Waals surface area contributed by atoms with Crippen molar-refractivity contribution in [2.24, 2.45) is 0 Å². The number of hydrogen-bond acceptors (Lipinski definition) is 3. The van der Waals surface area contributed by atoms with Crippen LogP contribution < -0.4 is 11.0 Å². The van der Waals surface area contributed by atoms with Gasteiger partial charge < -0.3 is 10.3 Å². The molecule has 1 unspecified atom stereocenters. The monoisotopic (exact) mass is 204 g/mol. The molecule has 2 aromatic rings. The van der Waals surface area contributed by atoms with Crippen LogP contribution in [0.2, 0.25) is 0 Å². The van der Waals surface area contributed by atoms with Gasteiger partial charge in [-0.2, -0.15) is 0 Å². The summed E-state index contributed by atoms with van der Waals surface area (Å²) in [5.74, 6) is 0.488. The van der Waals surface area contributed by atoms with Crippen molar-refractivity contribution < 1.29 is 0 Å². The Kier molecular flexibility index (Phi) is 1.85. The minimum atomic E-state index is -0.184. The standard InChI is InChI=1S/C10H12N4O/c15-10-13-8-7(6-1-3-11-5-6)2-4-12-9(8)14-10/h2,4,6,11H,1,3,5H2,(H2,12,13,14,15). The van der Waals surface area contributed by atoms with E-state index in [1.807, 2.05) is 6.07 Å². The van der Waals surface area contributed by atoms with Gasteiger partial charge in [0.25, 0.3) is 0 Å². The average molecular weight is 204 g/mol. The van der Waals surface area contributed by atoms with Crippen molar-refractivity contribution in [2.75, 3.05) is 13.1 Å². The lowest BCUT2D eigenvalue weighted by Gasteiger charge is -2.08. The highest BCUT2D eigenvalue weighted by atomic mass is 16.1. The number of rotatable bonds is 1. The van der Waals surface area contributed by atoms with Crippen LogP contribution in [-0.4, -0.2) is 28.0 Å². The number of aromatic nitrogens is 3. The summed E-state index contributed by atoms with van der Waals surface area (Å²) >= 11 is 0. The number of nitrogens with one attached hydrogen (secondary N) is 3. The zero-order valence-corrected chi connectivity index (χ0v) is 8.21. The third-order valence-corrected chi connectivity index (χ3v) is 2.95. The molecule has 1 fully saturated rings. The summed E-state index contributed by atoms with van der Waals surface area (Å²) in [5.41, 5.74) is 2.51. The highest BCUT2D eigenvalue weighted by Crippen LogP contribution is 2.25. The first-order chi connectivity index (χ1) is 7.34. The Labute approximate surface area is 85.9 Å². The van der Waals surface area contributed by atoms with E-state index in [4.69, 9.17) is 0 Å². The first-order valence-electron chi connectivity index (χ1n) is 5.12. The van der Waals surface area contributed by atoms with E-state index in [0.717, 1.165) is 25.0 Å². The first-order valence-corrected chi connectivity index (χ1v) is 5.12. The van der Waals surface area contributed by atoms with Gasteiger partial charge in [0.05, 0.1) is 5.52 Å². The van der Waals surface area contributed by atoms with Crippen LogP contribution in [0.3, 0.4) is 0 Å². The molecule has 3 heterocycles. The van der Waals surface area contributed by atoms with Crippen molar-refractivity contribution in [1.82, 2.24) is 20.3 Å². The molecule has 5 nitrogen and oxygen atoms in total. The molecule has 0 aromatic carbocycles. The molecule has 0 aliphatic carbocycles. The first kappa shape index (κ1) is 8.67. The molecular weight excluding hydrogens is 192 g/mol. The van der Waals surface area contributed by atoms with Crippen LogP contribution in [0.1, 0.15) is 17.9 Å². The smallest absolute Gasteiger partial charge is 0.316 e. The molecule has 15 heavy (non-hydrogen) atoms. The number of nitrogens with zero attached hydrogens (tertiary/aromatic N) is 1. The minimum absolute atomic E-state index is 0.184.